The predicted octanol–water partition coefficient (Wildman–Crippen LogP) is 1.73. The number of guanidine groups is 1. The van der Waals surface area contributed by atoms with Crippen molar-refractivity contribution in [3.63, 3.8) is 0 Å². The molecule has 1 saturated carbocycles. The van der Waals surface area contributed by atoms with Crippen molar-refractivity contribution in [1.82, 2.24) is 10.6 Å². The molecule has 2 rings (SSSR count). The Hall–Kier alpha value is -1.95. The summed E-state index contributed by atoms with van der Waals surface area (Å²) >= 11 is 0. The Morgan fingerprint density at radius 1 is 1.44 bits per heavy atom. The molecule has 1 aromatic rings. The van der Waals surface area contributed by atoms with E-state index in [2.05, 4.69) is 52.7 Å². The zero-order chi connectivity index (χ0) is 12.8. The average molecular weight is 241 g/mol. The number of benzene rings is 1. The van der Waals surface area contributed by atoms with Crippen LogP contribution < -0.4 is 10.6 Å². The van der Waals surface area contributed by atoms with Gasteiger partial charge in [-0.2, -0.15) is 0 Å². The van der Waals surface area contributed by atoms with Crippen molar-refractivity contribution in [1.29, 1.82) is 0 Å². The van der Waals surface area contributed by atoms with Crippen LogP contribution in [0, 0.1) is 12.3 Å². The van der Waals surface area contributed by atoms with Crippen LogP contribution in [-0.2, 0) is 0 Å². The van der Waals surface area contributed by atoms with Crippen LogP contribution in [-0.4, -0.2) is 25.1 Å². The number of hydrogen-bond donors (Lipinski definition) is 2. The lowest BCUT2D eigenvalue weighted by Gasteiger charge is -2.10. The average Bonchev–Trinajstić information content (AvgIpc) is 3.16. The molecule has 0 spiro atoms. The van der Waals surface area contributed by atoms with Crippen molar-refractivity contribution < 1.29 is 0 Å². The van der Waals surface area contributed by atoms with Crippen molar-refractivity contribution in [3.8, 4) is 12.3 Å². The van der Waals surface area contributed by atoms with Gasteiger partial charge in [-0.25, -0.2) is 4.99 Å². The molecule has 1 aromatic carbocycles. The molecule has 1 fully saturated rings. The van der Waals surface area contributed by atoms with E-state index in [0.717, 1.165) is 18.9 Å². The van der Waals surface area contributed by atoms with Crippen molar-refractivity contribution in [3.05, 3.63) is 35.9 Å². The van der Waals surface area contributed by atoms with Crippen LogP contribution in [0.4, 0.5) is 0 Å². The van der Waals surface area contributed by atoms with E-state index < -0.39 is 0 Å². The molecule has 94 valence electrons. The molecule has 2 N–H and O–H groups in total. The van der Waals surface area contributed by atoms with E-state index in [-0.39, 0.29) is 0 Å². The molecule has 2 unspecified atom stereocenters. The third-order valence-corrected chi connectivity index (χ3v) is 3.01. The molecule has 0 heterocycles. The van der Waals surface area contributed by atoms with Gasteiger partial charge in [0.05, 0.1) is 0 Å². The van der Waals surface area contributed by atoms with Gasteiger partial charge in [0.15, 0.2) is 5.96 Å². The lowest BCUT2D eigenvalue weighted by molar-refractivity contribution is 0.803. The van der Waals surface area contributed by atoms with Crippen molar-refractivity contribution in [2.45, 2.75) is 25.3 Å². The topological polar surface area (TPSA) is 36.4 Å². The number of hydrogen-bond acceptors (Lipinski definition) is 1. The van der Waals surface area contributed by atoms with Crippen molar-refractivity contribution in [2.24, 2.45) is 4.99 Å². The highest BCUT2D eigenvalue weighted by Gasteiger charge is 2.38. The largest absolute Gasteiger partial charge is 0.357 e. The van der Waals surface area contributed by atoms with Crippen molar-refractivity contribution >= 4 is 5.96 Å². The predicted molar refractivity (Wildman–Crippen MR) is 75.5 cm³/mol. The molecule has 1 aliphatic carbocycles. The smallest absolute Gasteiger partial charge is 0.192 e. The molecule has 0 aliphatic heterocycles. The zero-order valence-corrected chi connectivity index (χ0v) is 10.7. The Bertz CT molecular complexity index is 445. The van der Waals surface area contributed by atoms with E-state index in [9.17, 15) is 0 Å². The van der Waals surface area contributed by atoms with E-state index >= 15 is 0 Å². The third-order valence-electron chi connectivity index (χ3n) is 3.01. The molecule has 0 bridgehead atoms. The summed E-state index contributed by atoms with van der Waals surface area (Å²) in [6, 6.07) is 11.1. The molecule has 0 radical (unpaired) electrons. The summed E-state index contributed by atoms with van der Waals surface area (Å²) in [7, 11) is 0. The minimum absolute atomic E-state index is 0.415. The number of nitrogens with zero attached hydrogens (tertiary/aromatic N) is 1. The molecular formula is C15H19N3. The number of aliphatic imine (C=N–C) groups is 1. The van der Waals surface area contributed by atoms with Gasteiger partial charge in [-0.15, -0.1) is 6.42 Å². The van der Waals surface area contributed by atoms with E-state index in [1.54, 1.807) is 0 Å². The lowest BCUT2D eigenvalue weighted by Crippen LogP contribution is -2.39. The van der Waals surface area contributed by atoms with Gasteiger partial charge in [0.25, 0.3) is 0 Å². The Morgan fingerprint density at radius 3 is 2.89 bits per heavy atom. The molecule has 0 aromatic heterocycles. The maximum Gasteiger partial charge on any atom is 0.192 e. The number of rotatable bonds is 4. The highest BCUT2D eigenvalue weighted by atomic mass is 15.2. The van der Waals surface area contributed by atoms with Gasteiger partial charge in [0.2, 0.25) is 0 Å². The normalized spacial score (nSPS) is 22.1. The third kappa shape index (κ3) is 3.27. The van der Waals surface area contributed by atoms with E-state index in [4.69, 9.17) is 6.42 Å². The Kier molecular flexibility index (Phi) is 4.25. The van der Waals surface area contributed by atoms with Gasteiger partial charge < -0.3 is 10.6 Å². The van der Waals surface area contributed by atoms with E-state index in [0.29, 0.717) is 18.5 Å². The molecule has 0 amide bonds. The summed E-state index contributed by atoms with van der Waals surface area (Å²) in [4.78, 5) is 4.30. The fourth-order valence-electron chi connectivity index (χ4n) is 2.04. The van der Waals surface area contributed by atoms with Crippen LogP contribution in [0.1, 0.15) is 24.8 Å². The van der Waals surface area contributed by atoms with Crippen molar-refractivity contribution in [2.75, 3.05) is 13.1 Å². The second kappa shape index (κ2) is 6.11. The Morgan fingerprint density at radius 2 is 2.22 bits per heavy atom. The number of terminal acetylenes is 1. The summed E-state index contributed by atoms with van der Waals surface area (Å²) in [5.74, 6) is 3.94. The van der Waals surface area contributed by atoms with Gasteiger partial charge in [-0.1, -0.05) is 36.3 Å². The summed E-state index contributed by atoms with van der Waals surface area (Å²) < 4.78 is 0. The van der Waals surface area contributed by atoms with Crippen LogP contribution in [0.25, 0.3) is 0 Å². The quantitative estimate of drug-likeness (QED) is 0.478. The summed E-state index contributed by atoms with van der Waals surface area (Å²) in [5, 5.41) is 6.62. The first-order chi connectivity index (χ1) is 8.85. The molecule has 18 heavy (non-hydrogen) atoms. The summed E-state index contributed by atoms with van der Waals surface area (Å²) in [6.45, 7) is 3.31. The monoisotopic (exact) mass is 241 g/mol. The van der Waals surface area contributed by atoms with E-state index in [1.165, 1.54) is 5.56 Å². The van der Waals surface area contributed by atoms with Crippen LogP contribution in [0.15, 0.2) is 35.3 Å². The Balaban J connectivity index is 1.90. The summed E-state index contributed by atoms with van der Waals surface area (Å²) in [5.41, 5.74) is 1.39. The van der Waals surface area contributed by atoms with Crippen LogP contribution in [0.3, 0.4) is 0 Å². The van der Waals surface area contributed by atoms with Gasteiger partial charge in [0, 0.05) is 18.5 Å². The molecule has 0 saturated heterocycles. The standard InChI is InChI=1S/C15H19N3/c1-3-10-17-15(16-4-2)18-14-11-13(14)12-8-6-5-7-9-12/h1,5-9,13-14H,4,10-11H2,2H3,(H2,16,17,18). The number of nitrogens with one attached hydrogen (secondary N) is 2. The minimum atomic E-state index is 0.415. The van der Waals surface area contributed by atoms with Gasteiger partial charge in [-0.3, -0.25) is 0 Å². The molecule has 3 heteroatoms. The van der Waals surface area contributed by atoms with Crippen LogP contribution in [0.2, 0.25) is 0 Å². The summed E-state index contributed by atoms with van der Waals surface area (Å²) in [6.07, 6.45) is 6.38. The zero-order valence-electron chi connectivity index (χ0n) is 10.7. The van der Waals surface area contributed by atoms with E-state index in [1.807, 2.05) is 6.07 Å². The fourth-order valence-corrected chi connectivity index (χ4v) is 2.04. The lowest BCUT2D eigenvalue weighted by atomic mass is 10.1. The SMILES string of the molecule is C#CCN=C(NCC)NC1CC1c1ccccc1. The molecule has 1 aliphatic rings. The van der Waals surface area contributed by atoms with Crippen LogP contribution >= 0.6 is 0 Å². The maximum absolute atomic E-state index is 5.23. The minimum Gasteiger partial charge on any atom is -0.357 e. The second-order valence-electron chi connectivity index (χ2n) is 4.40. The first-order valence-corrected chi connectivity index (χ1v) is 6.38. The molecular weight excluding hydrogens is 222 g/mol. The fraction of sp³-hybridized carbons (Fsp3) is 0.400. The highest BCUT2D eigenvalue weighted by Crippen LogP contribution is 2.40. The van der Waals surface area contributed by atoms with Gasteiger partial charge in [-0.05, 0) is 18.9 Å². The first kappa shape index (κ1) is 12.5. The van der Waals surface area contributed by atoms with Crippen LogP contribution in [0.5, 0.6) is 0 Å². The maximum atomic E-state index is 5.23. The highest BCUT2D eigenvalue weighted by molar-refractivity contribution is 5.80. The molecule has 2 atom stereocenters. The first-order valence-electron chi connectivity index (χ1n) is 6.38. The van der Waals surface area contributed by atoms with Gasteiger partial charge in [0.1, 0.15) is 6.54 Å². The Labute approximate surface area is 109 Å². The van der Waals surface area contributed by atoms with Gasteiger partial charge >= 0.3 is 0 Å². The second-order valence-corrected chi connectivity index (χ2v) is 4.40. The molecule has 3 nitrogen and oxygen atoms in total.